The van der Waals surface area contributed by atoms with Gasteiger partial charge in [-0.25, -0.2) is 0 Å². The predicted molar refractivity (Wildman–Crippen MR) is 145 cm³/mol. The summed E-state index contributed by atoms with van der Waals surface area (Å²) >= 11 is 12.6. The number of benzene rings is 3. The van der Waals surface area contributed by atoms with Gasteiger partial charge in [0.2, 0.25) is 5.75 Å². The molecular weight excluding hydrogens is 542 g/mol. The van der Waals surface area contributed by atoms with E-state index in [1.54, 1.807) is 49.4 Å². The SMILES string of the molecule is CCOc1cc(/C=C2\SC(=S)N(c3cccc(Cl)c3)C2=O)ccc1Oc1ccc([N+](=O)[O-])cc1[N+](=O)[O-]. The van der Waals surface area contributed by atoms with Gasteiger partial charge in [0.05, 0.1) is 33.1 Å². The molecule has 1 heterocycles. The highest BCUT2D eigenvalue weighted by molar-refractivity contribution is 8.27. The highest BCUT2D eigenvalue weighted by atomic mass is 35.5. The van der Waals surface area contributed by atoms with E-state index in [2.05, 4.69) is 0 Å². The summed E-state index contributed by atoms with van der Waals surface area (Å²) in [4.78, 5) is 35.8. The van der Waals surface area contributed by atoms with Crippen molar-refractivity contribution >= 4 is 68.9 Å². The van der Waals surface area contributed by atoms with Gasteiger partial charge in [-0.05, 0) is 55.0 Å². The first-order chi connectivity index (χ1) is 17.7. The lowest BCUT2D eigenvalue weighted by molar-refractivity contribution is -0.394. The molecule has 188 valence electrons. The Balaban J connectivity index is 1.64. The van der Waals surface area contributed by atoms with Crippen molar-refractivity contribution < 1.29 is 24.1 Å². The van der Waals surface area contributed by atoms with Crippen LogP contribution in [-0.2, 0) is 4.79 Å². The number of carbonyl (C=O) groups is 1. The Kier molecular flexibility index (Phi) is 7.71. The van der Waals surface area contributed by atoms with Crippen LogP contribution in [0.25, 0.3) is 6.08 Å². The molecule has 1 aliphatic heterocycles. The maximum Gasteiger partial charge on any atom is 0.318 e. The third-order valence-electron chi connectivity index (χ3n) is 5.00. The summed E-state index contributed by atoms with van der Waals surface area (Å²) in [5, 5.41) is 22.9. The molecule has 0 radical (unpaired) electrons. The average molecular weight is 558 g/mol. The summed E-state index contributed by atoms with van der Waals surface area (Å²) in [5.74, 6) is -0.0830. The van der Waals surface area contributed by atoms with Crippen LogP contribution in [0.5, 0.6) is 17.2 Å². The second-order valence-corrected chi connectivity index (χ2v) is 9.52. The van der Waals surface area contributed by atoms with E-state index in [9.17, 15) is 25.0 Å². The molecule has 0 aromatic heterocycles. The Hall–Kier alpha value is -4.00. The first kappa shape index (κ1) is 26.1. The molecule has 0 N–H and O–H groups in total. The normalized spacial score (nSPS) is 14.2. The van der Waals surface area contributed by atoms with Crippen molar-refractivity contribution in [1.82, 2.24) is 0 Å². The number of amides is 1. The van der Waals surface area contributed by atoms with Gasteiger partial charge < -0.3 is 9.47 Å². The highest BCUT2D eigenvalue weighted by Gasteiger charge is 2.33. The minimum absolute atomic E-state index is 0.155. The smallest absolute Gasteiger partial charge is 0.318 e. The van der Waals surface area contributed by atoms with Gasteiger partial charge in [-0.2, -0.15) is 0 Å². The van der Waals surface area contributed by atoms with Crippen LogP contribution >= 0.6 is 35.6 Å². The second-order valence-electron chi connectivity index (χ2n) is 7.40. The van der Waals surface area contributed by atoms with Crippen molar-refractivity contribution in [3.63, 3.8) is 0 Å². The van der Waals surface area contributed by atoms with E-state index in [1.807, 2.05) is 0 Å². The number of hydrogen-bond acceptors (Lipinski definition) is 9. The summed E-state index contributed by atoms with van der Waals surface area (Å²) in [6.07, 6.45) is 1.64. The van der Waals surface area contributed by atoms with E-state index in [0.717, 1.165) is 30.0 Å². The van der Waals surface area contributed by atoms with E-state index in [0.29, 0.717) is 25.5 Å². The van der Waals surface area contributed by atoms with E-state index >= 15 is 0 Å². The lowest BCUT2D eigenvalue weighted by Crippen LogP contribution is -2.27. The van der Waals surface area contributed by atoms with Gasteiger partial charge in [0.25, 0.3) is 11.6 Å². The lowest BCUT2D eigenvalue weighted by atomic mass is 10.1. The zero-order valence-electron chi connectivity index (χ0n) is 19.0. The zero-order chi connectivity index (χ0) is 26.7. The summed E-state index contributed by atoms with van der Waals surface area (Å²) < 4.78 is 11.7. The maximum atomic E-state index is 13.1. The van der Waals surface area contributed by atoms with Crippen molar-refractivity contribution in [1.29, 1.82) is 0 Å². The summed E-state index contributed by atoms with van der Waals surface area (Å²) in [7, 11) is 0. The predicted octanol–water partition coefficient (Wildman–Crippen LogP) is 6.75. The van der Waals surface area contributed by atoms with Gasteiger partial charge in [-0.15, -0.1) is 0 Å². The van der Waals surface area contributed by atoms with Gasteiger partial charge in [-0.1, -0.05) is 47.7 Å². The van der Waals surface area contributed by atoms with Crippen LogP contribution in [0, 0.1) is 20.2 Å². The molecule has 0 aliphatic carbocycles. The van der Waals surface area contributed by atoms with E-state index < -0.39 is 21.2 Å². The number of halogens is 1. The van der Waals surface area contributed by atoms with Crippen LogP contribution in [0.4, 0.5) is 17.1 Å². The molecule has 1 amide bonds. The first-order valence-electron chi connectivity index (χ1n) is 10.6. The third-order valence-corrected chi connectivity index (χ3v) is 6.53. The number of thioether (sulfide) groups is 1. The zero-order valence-corrected chi connectivity index (χ0v) is 21.3. The molecule has 0 atom stereocenters. The number of hydrogen-bond donors (Lipinski definition) is 0. The summed E-state index contributed by atoms with van der Waals surface area (Å²) in [5.41, 5.74) is 0.155. The molecule has 10 nitrogen and oxygen atoms in total. The van der Waals surface area contributed by atoms with Crippen molar-refractivity contribution in [2.24, 2.45) is 0 Å². The molecule has 1 aliphatic rings. The van der Waals surface area contributed by atoms with Crippen molar-refractivity contribution in [2.75, 3.05) is 11.5 Å². The Bertz CT molecular complexity index is 1480. The lowest BCUT2D eigenvalue weighted by Gasteiger charge is -2.14. The first-order valence-corrected chi connectivity index (χ1v) is 12.2. The van der Waals surface area contributed by atoms with Crippen LogP contribution in [0.2, 0.25) is 5.02 Å². The number of nitro groups is 2. The topological polar surface area (TPSA) is 125 Å². The van der Waals surface area contributed by atoms with Crippen LogP contribution < -0.4 is 14.4 Å². The highest BCUT2D eigenvalue weighted by Crippen LogP contribution is 2.40. The standard InChI is InChI=1S/C24H16ClN3O7S2/c1-2-34-21-10-14(11-22-23(29)26(24(36)37-22)16-5-3-4-15(25)12-16)6-8-20(21)35-19-9-7-17(27(30)31)13-18(19)28(32)33/h3-13H,2H2,1H3/b22-11-. The summed E-state index contributed by atoms with van der Waals surface area (Å²) in [6.45, 7) is 2.01. The Morgan fingerprint density at radius 1 is 1.03 bits per heavy atom. The molecule has 0 saturated carbocycles. The van der Waals surface area contributed by atoms with Crippen molar-refractivity contribution in [2.45, 2.75) is 6.92 Å². The molecule has 13 heteroatoms. The fourth-order valence-electron chi connectivity index (χ4n) is 3.39. The van der Waals surface area contributed by atoms with Gasteiger partial charge >= 0.3 is 5.69 Å². The molecule has 0 unspecified atom stereocenters. The van der Waals surface area contributed by atoms with Crippen LogP contribution in [0.15, 0.2) is 65.6 Å². The molecule has 1 fully saturated rings. The van der Waals surface area contributed by atoms with E-state index in [1.165, 1.54) is 11.0 Å². The molecule has 0 bridgehead atoms. The van der Waals surface area contributed by atoms with Gasteiger partial charge in [0.15, 0.2) is 15.8 Å². The minimum Gasteiger partial charge on any atom is -0.490 e. The van der Waals surface area contributed by atoms with Crippen molar-refractivity contribution in [3.8, 4) is 17.2 Å². The van der Waals surface area contributed by atoms with Crippen LogP contribution in [0.3, 0.4) is 0 Å². The Morgan fingerprint density at radius 3 is 2.46 bits per heavy atom. The minimum atomic E-state index is -0.765. The number of thiocarbonyl (C=S) groups is 1. The number of rotatable bonds is 8. The van der Waals surface area contributed by atoms with Gasteiger partial charge in [-0.3, -0.25) is 29.9 Å². The molecule has 1 saturated heterocycles. The van der Waals surface area contributed by atoms with Gasteiger partial charge in [0, 0.05) is 11.1 Å². The number of non-ortho nitro benzene ring substituents is 1. The molecule has 0 spiro atoms. The number of nitro benzene ring substituents is 2. The van der Waals surface area contributed by atoms with E-state index in [-0.39, 0.29) is 29.8 Å². The fourth-order valence-corrected chi connectivity index (χ4v) is 4.87. The molecule has 4 rings (SSSR count). The Morgan fingerprint density at radius 2 is 1.78 bits per heavy atom. The second kappa shape index (κ2) is 10.9. The van der Waals surface area contributed by atoms with E-state index in [4.69, 9.17) is 33.3 Å². The van der Waals surface area contributed by atoms with Crippen LogP contribution in [0.1, 0.15) is 12.5 Å². The monoisotopic (exact) mass is 557 g/mol. The number of ether oxygens (including phenoxy) is 2. The molecular formula is C24H16ClN3O7S2. The van der Waals surface area contributed by atoms with Crippen LogP contribution in [-0.4, -0.2) is 26.7 Å². The number of carbonyl (C=O) groups excluding carboxylic acids is 1. The average Bonchev–Trinajstić information content (AvgIpc) is 3.13. The number of nitrogens with zero attached hydrogens (tertiary/aromatic N) is 3. The number of anilines is 1. The third kappa shape index (κ3) is 5.71. The van der Waals surface area contributed by atoms with Crippen molar-refractivity contribution in [3.05, 3.63) is 96.4 Å². The van der Waals surface area contributed by atoms with Gasteiger partial charge in [0.1, 0.15) is 0 Å². The fraction of sp³-hybridized carbons (Fsp3) is 0.0833. The molecule has 3 aromatic rings. The molecule has 3 aromatic carbocycles. The summed E-state index contributed by atoms with van der Waals surface area (Å²) in [6, 6.07) is 14.7. The molecule has 37 heavy (non-hydrogen) atoms. The quantitative estimate of drug-likeness (QED) is 0.128. The maximum absolute atomic E-state index is 13.1. The largest absolute Gasteiger partial charge is 0.490 e. The Labute approximate surface area is 224 Å².